The zero-order valence-electron chi connectivity index (χ0n) is 12.3. The van der Waals surface area contributed by atoms with E-state index in [2.05, 4.69) is 17.0 Å². The molecule has 4 heteroatoms. The molecule has 2 aromatic rings. The van der Waals surface area contributed by atoms with Crippen LogP contribution in [-0.4, -0.2) is 23.7 Å². The molecule has 1 N–H and O–H groups in total. The Morgan fingerprint density at radius 3 is 2.64 bits per heavy atom. The number of hydrogen-bond acceptors (Lipinski definition) is 3. The van der Waals surface area contributed by atoms with E-state index in [1.54, 1.807) is 0 Å². The maximum Gasteiger partial charge on any atom is 0.303 e. The molecule has 0 aromatic heterocycles. The van der Waals surface area contributed by atoms with Crippen molar-refractivity contribution >= 4 is 11.7 Å². The van der Waals surface area contributed by atoms with Crippen molar-refractivity contribution in [3.63, 3.8) is 0 Å². The van der Waals surface area contributed by atoms with Gasteiger partial charge in [0.2, 0.25) is 0 Å². The predicted octanol–water partition coefficient (Wildman–Crippen LogP) is 3.32. The van der Waals surface area contributed by atoms with Crippen molar-refractivity contribution in [2.45, 2.75) is 25.5 Å². The molecule has 114 valence electrons. The highest BCUT2D eigenvalue weighted by molar-refractivity contribution is 5.67. The van der Waals surface area contributed by atoms with Crippen molar-refractivity contribution in [2.75, 3.05) is 11.4 Å². The van der Waals surface area contributed by atoms with Gasteiger partial charge in [-0.3, -0.25) is 4.79 Å². The van der Waals surface area contributed by atoms with Gasteiger partial charge in [0.05, 0.1) is 12.2 Å². The molecular weight excluding hydrogens is 278 g/mol. The molecule has 1 atom stereocenters. The third-order valence-electron chi connectivity index (χ3n) is 3.82. The van der Waals surface area contributed by atoms with Gasteiger partial charge < -0.3 is 14.7 Å². The first-order valence-corrected chi connectivity index (χ1v) is 7.49. The van der Waals surface area contributed by atoms with E-state index in [1.807, 2.05) is 42.5 Å². The van der Waals surface area contributed by atoms with E-state index in [1.165, 1.54) is 5.56 Å². The van der Waals surface area contributed by atoms with E-state index in [-0.39, 0.29) is 12.5 Å². The minimum absolute atomic E-state index is 0.0882. The maximum absolute atomic E-state index is 10.8. The zero-order valence-corrected chi connectivity index (χ0v) is 12.3. The van der Waals surface area contributed by atoms with Crippen molar-refractivity contribution < 1.29 is 14.6 Å². The lowest BCUT2D eigenvalue weighted by atomic mass is 10.1. The molecule has 1 heterocycles. The summed E-state index contributed by atoms with van der Waals surface area (Å²) >= 11 is 0. The minimum atomic E-state index is -0.780. The molecule has 3 rings (SSSR count). The summed E-state index contributed by atoms with van der Waals surface area (Å²) in [5.41, 5.74) is 2.30. The minimum Gasteiger partial charge on any atom is -0.486 e. The average Bonchev–Trinajstić information content (AvgIpc) is 2.54. The highest BCUT2D eigenvalue weighted by Gasteiger charge is 2.25. The van der Waals surface area contributed by atoms with Crippen molar-refractivity contribution in [1.82, 2.24) is 0 Å². The van der Waals surface area contributed by atoms with Crippen LogP contribution in [0.15, 0.2) is 54.6 Å². The van der Waals surface area contributed by atoms with Crippen molar-refractivity contribution in [3.8, 4) is 5.75 Å². The van der Waals surface area contributed by atoms with Crippen LogP contribution in [0.25, 0.3) is 0 Å². The molecule has 0 spiro atoms. The largest absolute Gasteiger partial charge is 0.486 e. The summed E-state index contributed by atoms with van der Waals surface area (Å²) in [6.45, 7) is 1.50. The van der Waals surface area contributed by atoms with E-state index in [4.69, 9.17) is 9.84 Å². The number of hydrogen-bond donors (Lipinski definition) is 1. The first-order chi connectivity index (χ1) is 10.7. The fourth-order valence-electron chi connectivity index (χ4n) is 2.77. The maximum atomic E-state index is 10.8. The lowest BCUT2D eigenvalue weighted by Gasteiger charge is -2.36. The molecule has 0 saturated carbocycles. The molecule has 0 bridgehead atoms. The fraction of sp³-hybridized carbons (Fsp3) is 0.278. The Bertz CT molecular complexity index is 642. The van der Waals surface area contributed by atoms with Gasteiger partial charge >= 0.3 is 5.97 Å². The van der Waals surface area contributed by atoms with Gasteiger partial charge in [0.25, 0.3) is 0 Å². The summed E-state index contributed by atoms with van der Waals surface area (Å²) in [6.07, 6.45) is 0.566. The lowest BCUT2D eigenvalue weighted by molar-refractivity contribution is -0.137. The molecule has 22 heavy (non-hydrogen) atoms. The highest BCUT2D eigenvalue weighted by atomic mass is 16.5. The summed E-state index contributed by atoms with van der Waals surface area (Å²) in [5.74, 6) is 0.0529. The van der Waals surface area contributed by atoms with E-state index in [0.29, 0.717) is 13.0 Å². The summed E-state index contributed by atoms with van der Waals surface area (Å²) < 4.78 is 5.95. The summed E-state index contributed by atoms with van der Waals surface area (Å²) in [5, 5.41) is 8.87. The van der Waals surface area contributed by atoms with E-state index in [0.717, 1.165) is 18.0 Å². The first-order valence-electron chi connectivity index (χ1n) is 7.49. The number of carboxylic acid groups (broad SMARTS) is 1. The molecule has 1 aliphatic heterocycles. The second-order valence-corrected chi connectivity index (χ2v) is 5.51. The molecule has 4 nitrogen and oxygen atoms in total. The zero-order chi connectivity index (χ0) is 15.4. The first kappa shape index (κ1) is 14.4. The quantitative estimate of drug-likeness (QED) is 0.920. The molecular formula is C18H19NO3. The standard InChI is InChI=1S/C18H19NO3/c20-18(21)11-10-15-13-19(12-14-6-2-1-3-7-14)16-8-4-5-9-17(16)22-15/h1-9,15H,10-13H2,(H,20,21). The van der Waals surface area contributed by atoms with Crippen LogP contribution in [0.3, 0.4) is 0 Å². The van der Waals surface area contributed by atoms with Crippen LogP contribution < -0.4 is 9.64 Å². The van der Waals surface area contributed by atoms with Gasteiger partial charge in [0, 0.05) is 13.0 Å². The molecule has 1 aliphatic rings. The second-order valence-electron chi connectivity index (χ2n) is 5.51. The average molecular weight is 297 g/mol. The van der Waals surface area contributed by atoms with Crippen LogP contribution in [-0.2, 0) is 11.3 Å². The number of fused-ring (bicyclic) bond motifs is 1. The van der Waals surface area contributed by atoms with E-state index < -0.39 is 5.97 Å². The van der Waals surface area contributed by atoms with Gasteiger partial charge in [-0.25, -0.2) is 0 Å². The van der Waals surface area contributed by atoms with Crippen LogP contribution in [0.4, 0.5) is 5.69 Å². The Morgan fingerprint density at radius 2 is 1.86 bits per heavy atom. The van der Waals surface area contributed by atoms with Crippen molar-refractivity contribution in [2.24, 2.45) is 0 Å². The Balaban J connectivity index is 1.79. The molecule has 0 saturated heterocycles. The molecule has 0 radical (unpaired) electrons. The van der Waals surface area contributed by atoms with E-state index in [9.17, 15) is 4.79 Å². The van der Waals surface area contributed by atoms with Crippen LogP contribution >= 0.6 is 0 Å². The number of benzene rings is 2. The van der Waals surface area contributed by atoms with Gasteiger partial charge in [-0.1, -0.05) is 42.5 Å². The Hall–Kier alpha value is -2.49. The number of ether oxygens (including phenoxy) is 1. The monoisotopic (exact) mass is 297 g/mol. The molecule has 0 fully saturated rings. The summed E-state index contributed by atoms with van der Waals surface area (Å²) in [7, 11) is 0. The van der Waals surface area contributed by atoms with Crippen molar-refractivity contribution in [1.29, 1.82) is 0 Å². The van der Waals surface area contributed by atoms with Crippen LogP contribution in [0.2, 0.25) is 0 Å². The normalized spacial score (nSPS) is 16.7. The number of carboxylic acids is 1. The van der Waals surface area contributed by atoms with Gasteiger partial charge in [-0.05, 0) is 24.1 Å². The highest BCUT2D eigenvalue weighted by Crippen LogP contribution is 2.34. The molecule has 2 aromatic carbocycles. The lowest BCUT2D eigenvalue weighted by Crippen LogP contribution is -2.39. The van der Waals surface area contributed by atoms with Crippen LogP contribution in [0.5, 0.6) is 5.75 Å². The fourth-order valence-corrected chi connectivity index (χ4v) is 2.77. The topological polar surface area (TPSA) is 49.8 Å². The Labute approximate surface area is 130 Å². The number of rotatable bonds is 5. The SMILES string of the molecule is O=C(O)CCC1CN(Cc2ccccc2)c2ccccc2O1. The number of carbonyl (C=O) groups is 1. The van der Waals surface area contributed by atoms with Crippen LogP contribution in [0, 0.1) is 0 Å². The van der Waals surface area contributed by atoms with Gasteiger partial charge in [-0.15, -0.1) is 0 Å². The Morgan fingerprint density at radius 1 is 1.14 bits per heavy atom. The smallest absolute Gasteiger partial charge is 0.303 e. The second kappa shape index (κ2) is 6.52. The summed E-state index contributed by atoms with van der Waals surface area (Å²) in [4.78, 5) is 13.1. The number of aliphatic carboxylic acids is 1. The molecule has 0 amide bonds. The van der Waals surface area contributed by atoms with E-state index >= 15 is 0 Å². The number of para-hydroxylation sites is 2. The third kappa shape index (κ3) is 3.39. The molecule has 0 aliphatic carbocycles. The van der Waals surface area contributed by atoms with Crippen molar-refractivity contribution in [3.05, 3.63) is 60.2 Å². The summed E-state index contributed by atoms with van der Waals surface area (Å²) in [6, 6.07) is 18.2. The van der Waals surface area contributed by atoms with Gasteiger partial charge in [0.1, 0.15) is 11.9 Å². The number of nitrogens with zero attached hydrogens (tertiary/aromatic N) is 1. The number of anilines is 1. The van der Waals surface area contributed by atoms with Gasteiger partial charge in [-0.2, -0.15) is 0 Å². The predicted molar refractivity (Wildman–Crippen MR) is 85.2 cm³/mol. The molecule has 1 unspecified atom stereocenters. The third-order valence-corrected chi connectivity index (χ3v) is 3.82. The Kier molecular flexibility index (Phi) is 4.28. The van der Waals surface area contributed by atoms with Crippen LogP contribution in [0.1, 0.15) is 18.4 Å². The van der Waals surface area contributed by atoms with Gasteiger partial charge in [0.15, 0.2) is 0 Å².